The largest absolute Gasteiger partial charge is 0.271 e. The van der Waals surface area contributed by atoms with Gasteiger partial charge in [-0.15, -0.1) is 11.3 Å². The van der Waals surface area contributed by atoms with Gasteiger partial charge in [-0.3, -0.25) is 5.84 Å². The molecule has 0 fully saturated rings. The quantitative estimate of drug-likeness (QED) is 0.644. The summed E-state index contributed by atoms with van der Waals surface area (Å²) in [7, 11) is 0. The van der Waals surface area contributed by atoms with Crippen LogP contribution in [0.4, 0.5) is 0 Å². The zero-order valence-corrected chi connectivity index (χ0v) is 11.3. The topological polar surface area (TPSA) is 38.0 Å². The molecule has 90 valence electrons. The van der Waals surface area contributed by atoms with Crippen LogP contribution in [0.25, 0.3) is 0 Å². The third-order valence-electron chi connectivity index (χ3n) is 3.04. The van der Waals surface area contributed by atoms with Gasteiger partial charge in [0.15, 0.2) is 0 Å². The van der Waals surface area contributed by atoms with Crippen LogP contribution in [0.15, 0.2) is 30.3 Å². The predicted molar refractivity (Wildman–Crippen MR) is 74.1 cm³/mol. The lowest BCUT2D eigenvalue weighted by Gasteiger charge is -2.19. The third-order valence-corrected chi connectivity index (χ3v) is 4.11. The highest BCUT2D eigenvalue weighted by Crippen LogP contribution is 2.31. The summed E-state index contributed by atoms with van der Waals surface area (Å²) in [6, 6.07) is 10.7. The van der Waals surface area contributed by atoms with Gasteiger partial charge < -0.3 is 0 Å². The fraction of sp³-hybridized carbons (Fsp3) is 0.286. The molecule has 3 heteroatoms. The van der Waals surface area contributed by atoms with Crippen LogP contribution < -0.4 is 11.3 Å². The molecular formula is C14H18N2S. The summed E-state index contributed by atoms with van der Waals surface area (Å²) in [5.41, 5.74) is 6.78. The molecule has 1 aromatic carbocycles. The Morgan fingerprint density at radius 1 is 1.06 bits per heavy atom. The molecule has 2 rings (SSSR count). The number of nitrogens with one attached hydrogen (secondary N) is 1. The van der Waals surface area contributed by atoms with Crippen LogP contribution in [-0.4, -0.2) is 0 Å². The van der Waals surface area contributed by atoms with Gasteiger partial charge in [0.2, 0.25) is 0 Å². The average Bonchev–Trinajstić information content (AvgIpc) is 2.70. The van der Waals surface area contributed by atoms with Gasteiger partial charge in [-0.25, -0.2) is 5.43 Å². The lowest BCUT2D eigenvalue weighted by atomic mass is 9.95. The molecule has 2 nitrogen and oxygen atoms in total. The lowest BCUT2D eigenvalue weighted by Crippen LogP contribution is -2.29. The van der Waals surface area contributed by atoms with Crippen LogP contribution in [0.3, 0.4) is 0 Å². The van der Waals surface area contributed by atoms with Gasteiger partial charge in [-0.2, -0.15) is 0 Å². The second kappa shape index (κ2) is 5.00. The van der Waals surface area contributed by atoms with E-state index in [1.54, 1.807) is 11.3 Å². The van der Waals surface area contributed by atoms with Crippen LogP contribution in [0.2, 0.25) is 0 Å². The number of thiophene rings is 1. The minimum atomic E-state index is 0.0925. The third kappa shape index (κ3) is 2.41. The standard InChI is InChI=1S/C14H18N2S/c1-9-5-4-6-10(2)13(9)14(16-15)12-8-7-11(3)17-12/h4-8,14,16H,15H2,1-3H3. The highest BCUT2D eigenvalue weighted by molar-refractivity contribution is 7.12. The van der Waals surface area contributed by atoms with E-state index in [0.29, 0.717) is 0 Å². The number of hydrogen-bond acceptors (Lipinski definition) is 3. The molecule has 1 atom stereocenters. The minimum Gasteiger partial charge on any atom is -0.271 e. The zero-order chi connectivity index (χ0) is 12.4. The maximum Gasteiger partial charge on any atom is 0.0807 e. The number of benzene rings is 1. The number of hydrazine groups is 1. The van der Waals surface area contributed by atoms with Gasteiger partial charge in [0.1, 0.15) is 0 Å². The highest BCUT2D eigenvalue weighted by Gasteiger charge is 2.17. The molecule has 2 aromatic rings. The molecule has 17 heavy (non-hydrogen) atoms. The molecule has 0 spiro atoms. The van der Waals surface area contributed by atoms with Crippen molar-refractivity contribution in [2.24, 2.45) is 5.84 Å². The van der Waals surface area contributed by atoms with E-state index in [4.69, 9.17) is 5.84 Å². The van der Waals surface area contributed by atoms with Crippen molar-refractivity contribution in [1.29, 1.82) is 0 Å². The van der Waals surface area contributed by atoms with E-state index in [-0.39, 0.29) is 6.04 Å². The van der Waals surface area contributed by atoms with Gasteiger partial charge >= 0.3 is 0 Å². The molecular weight excluding hydrogens is 228 g/mol. The Labute approximate surface area is 106 Å². The first-order valence-electron chi connectivity index (χ1n) is 5.72. The fourth-order valence-electron chi connectivity index (χ4n) is 2.20. The summed E-state index contributed by atoms with van der Waals surface area (Å²) in [6.45, 7) is 6.38. The first-order valence-corrected chi connectivity index (χ1v) is 6.53. The molecule has 0 radical (unpaired) electrons. The summed E-state index contributed by atoms with van der Waals surface area (Å²) in [5, 5.41) is 0. The smallest absolute Gasteiger partial charge is 0.0807 e. The zero-order valence-electron chi connectivity index (χ0n) is 10.4. The summed E-state index contributed by atoms with van der Waals surface area (Å²) < 4.78 is 0. The number of aryl methyl sites for hydroxylation is 3. The van der Waals surface area contributed by atoms with Gasteiger partial charge in [0.25, 0.3) is 0 Å². The van der Waals surface area contributed by atoms with E-state index < -0.39 is 0 Å². The summed E-state index contributed by atoms with van der Waals surface area (Å²) in [6.07, 6.45) is 0. The molecule has 0 saturated heterocycles. The number of nitrogens with two attached hydrogens (primary N) is 1. The Bertz CT molecular complexity index is 496. The molecule has 0 aliphatic rings. The van der Waals surface area contributed by atoms with Gasteiger partial charge in [-0.1, -0.05) is 18.2 Å². The first kappa shape index (κ1) is 12.3. The van der Waals surface area contributed by atoms with E-state index in [1.807, 2.05) is 0 Å². The summed E-state index contributed by atoms with van der Waals surface area (Å²) >= 11 is 1.79. The van der Waals surface area contributed by atoms with E-state index in [1.165, 1.54) is 26.4 Å². The highest BCUT2D eigenvalue weighted by atomic mass is 32.1. The van der Waals surface area contributed by atoms with Crippen molar-refractivity contribution in [2.75, 3.05) is 0 Å². The molecule has 1 heterocycles. The van der Waals surface area contributed by atoms with Crippen molar-refractivity contribution in [3.8, 4) is 0 Å². The van der Waals surface area contributed by atoms with Crippen molar-refractivity contribution < 1.29 is 0 Å². The van der Waals surface area contributed by atoms with E-state index in [0.717, 1.165) is 0 Å². The number of rotatable bonds is 3. The molecule has 3 N–H and O–H groups in total. The Hall–Kier alpha value is -1.16. The molecule has 1 aromatic heterocycles. The second-order valence-electron chi connectivity index (χ2n) is 4.35. The van der Waals surface area contributed by atoms with Crippen molar-refractivity contribution in [3.63, 3.8) is 0 Å². The maximum atomic E-state index is 5.74. The predicted octanol–water partition coefficient (Wildman–Crippen LogP) is 3.23. The molecule has 0 amide bonds. The lowest BCUT2D eigenvalue weighted by molar-refractivity contribution is 0.640. The monoisotopic (exact) mass is 246 g/mol. The van der Waals surface area contributed by atoms with E-state index in [9.17, 15) is 0 Å². The van der Waals surface area contributed by atoms with Gasteiger partial charge in [-0.05, 0) is 49.6 Å². The van der Waals surface area contributed by atoms with Crippen molar-refractivity contribution >= 4 is 11.3 Å². The van der Waals surface area contributed by atoms with E-state index >= 15 is 0 Å². The minimum absolute atomic E-state index is 0.0925. The van der Waals surface area contributed by atoms with Crippen LogP contribution in [-0.2, 0) is 0 Å². The van der Waals surface area contributed by atoms with Crippen LogP contribution in [0.5, 0.6) is 0 Å². The van der Waals surface area contributed by atoms with Crippen molar-refractivity contribution in [3.05, 3.63) is 56.8 Å². The Morgan fingerprint density at radius 2 is 1.71 bits per heavy atom. The molecule has 0 bridgehead atoms. The van der Waals surface area contributed by atoms with Crippen molar-refractivity contribution in [2.45, 2.75) is 26.8 Å². The average molecular weight is 246 g/mol. The first-order chi connectivity index (χ1) is 8.13. The Balaban J connectivity index is 2.49. The molecule has 0 saturated carbocycles. The summed E-state index contributed by atoms with van der Waals surface area (Å²) in [4.78, 5) is 2.58. The Morgan fingerprint density at radius 3 is 2.18 bits per heavy atom. The Kier molecular flexibility index (Phi) is 3.62. The molecule has 0 aliphatic heterocycles. The van der Waals surface area contributed by atoms with Crippen LogP contribution in [0, 0.1) is 20.8 Å². The second-order valence-corrected chi connectivity index (χ2v) is 5.67. The van der Waals surface area contributed by atoms with Crippen LogP contribution in [0.1, 0.15) is 32.5 Å². The number of hydrogen-bond donors (Lipinski definition) is 2. The summed E-state index contributed by atoms with van der Waals surface area (Å²) in [5.74, 6) is 5.74. The fourth-order valence-corrected chi connectivity index (χ4v) is 3.15. The van der Waals surface area contributed by atoms with Crippen molar-refractivity contribution in [1.82, 2.24) is 5.43 Å². The SMILES string of the molecule is Cc1ccc(C(NN)c2c(C)cccc2C)s1. The van der Waals surface area contributed by atoms with Gasteiger partial charge in [0.05, 0.1) is 6.04 Å². The van der Waals surface area contributed by atoms with Crippen LogP contribution >= 0.6 is 11.3 Å². The molecule has 0 aliphatic carbocycles. The molecule has 1 unspecified atom stereocenters. The van der Waals surface area contributed by atoms with Gasteiger partial charge in [0, 0.05) is 9.75 Å². The normalized spacial score (nSPS) is 12.7. The van der Waals surface area contributed by atoms with E-state index in [2.05, 4.69) is 56.5 Å². The maximum absolute atomic E-state index is 5.74.